The summed E-state index contributed by atoms with van der Waals surface area (Å²) in [5.74, 6) is -0.171. The summed E-state index contributed by atoms with van der Waals surface area (Å²) in [6, 6.07) is 7.77. The minimum atomic E-state index is -0.171. The van der Waals surface area contributed by atoms with E-state index < -0.39 is 0 Å². The van der Waals surface area contributed by atoms with Crippen LogP contribution in [-0.4, -0.2) is 12.1 Å². The van der Waals surface area contributed by atoms with E-state index in [-0.39, 0.29) is 18.5 Å². The van der Waals surface area contributed by atoms with Crippen molar-refractivity contribution in [1.29, 1.82) is 0 Å². The van der Waals surface area contributed by atoms with Crippen LogP contribution in [0.15, 0.2) is 34.1 Å². The van der Waals surface area contributed by atoms with Crippen LogP contribution in [0, 0.1) is 0 Å². The Morgan fingerprint density at radius 3 is 2.80 bits per heavy atom. The molecular weight excluding hydrogens is 360 g/mol. The first-order chi connectivity index (χ1) is 9.61. The van der Waals surface area contributed by atoms with Gasteiger partial charge in [-0.2, -0.15) is 0 Å². The molecule has 3 rings (SSSR count). The SMILES string of the molecule is O=C(Cc1ccc(-c2cc(Br)cs2)c(Cl)c1)OC1CC1. The first-order valence-electron chi connectivity index (χ1n) is 6.34. The van der Waals surface area contributed by atoms with E-state index in [1.807, 2.05) is 29.6 Å². The van der Waals surface area contributed by atoms with Crippen molar-refractivity contribution in [3.8, 4) is 10.4 Å². The lowest BCUT2D eigenvalue weighted by Gasteiger charge is -2.06. The molecule has 20 heavy (non-hydrogen) atoms. The van der Waals surface area contributed by atoms with Gasteiger partial charge in [0.25, 0.3) is 0 Å². The van der Waals surface area contributed by atoms with E-state index in [0.29, 0.717) is 5.02 Å². The molecule has 1 aliphatic rings. The van der Waals surface area contributed by atoms with Crippen molar-refractivity contribution in [2.24, 2.45) is 0 Å². The topological polar surface area (TPSA) is 26.3 Å². The lowest BCUT2D eigenvalue weighted by Crippen LogP contribution is -2.09. The number of benzene rings is 1. The Labute approximate surface area is 134 Å². The number of esters is 1. The lowest BCUT2D eigenvalue weighted by molar-refractivity contribution is -0.144. The lowest BCUT2D eigenvalue weighted by atomic mass is 10.1. The second-order valence-corrected chi connectivity index (χ2v) is 7.04. The largest absolute Gasteiger partial charge is 0.462 e. The molecule has 0 saturated heterocycles. The van der Waals surface area contributed by atoms with Gasteiger partial charge in [-0.15, -0.1) is 11.3 Å². The zero-order valence-electron chi connectivity index (χ0n) is 10.6. The van der Waals surface area contributed by atoms with Crippen LogP contribution in [0.4, 0.5) is 0 Å². The molecule has 1 saturated carbocycles. The van der Waals surface area contributed by atoms with Crippen molar-refractivity contribution < 1.29 is 9.53 Å². The molecule has 0 N–H and O–H groups in total. The van der Waals surface area contributed by atoms with Gasteiger partial charge >= 0.3 is 5.97 Å². The third-order valence-electron chi connectivity index (χ3n) is 3.04. The second-order valence-electron chi connectivity index (χ2n) is 4.81. The van der Waals surface area contributed by atoms with Gasteiger partial charge in [-0.1, -0.05) is 23.7 Å². The summed E-state index contributed by atoms with van der Waals surface area (Å²) >= 11 is 11.4. The van der Waals surface area contributed by atoms with E-state index in [0.717, 1.165) is 33.3 Å². The van der Waals surface area contributed by atoms with Crippen LogP contribution in [0.25, 0.3) is 10.4 Å². The molecule has 2 aromatic rings. The molecule has 1 aromatic heterocycles. The molecule has 1 fully saturated rings. The number of hydrogen-bond donors (Lipinski definition) is 0. The summed E-state index contributed by atoms with van der Waals surface area (Å²) in [6.45, 7) is 0. The Hall–Kier alpha value is -0.840. The number of carbonyl (C=O) groups excluding carboxylic acids is 1. The normalized spacial score (nSPS) is 14.3. The fraction of sp³-hybridized carbons (Fsp3) is 0.267. The number of halogens is 2. The van der Waals surface area contributed by atoms with Crippen LogP contribution in [0.3, 0.4) is 0 Å². The monoisotopic (exact) mass is 370 g/mol. The zero-order chi connectivity index (χ0) is 14.1. The van der Waals surface area contributed by atoms with Crippen molar-refractivity contribution in [3.63, 3.8) is 0 Å². The van der Waals surface area contributed by atoms with E-state index in [4.69, 9.17) is 16.3 Å². The van der Waals surface area contributed by atoms with Gasteiger partial charge in [0.1, 0.15) is 6.10 Å². The summed E-state index contributed by atoms with van der Waals surface area (Å²) in [5.41, 5.74) is 1.88. The van der Waals surface area contributed by atoms with Gasteiger partial charge in [0, 0.05) is 25.3 Å². The number of hydrogen-bond acceptors (Lipinski definition) is 3. The maximum atomic E-state index is 11.7. The summed E-state index contributed by atoms with van der Waals surface area (Å²) in [4.78, 5) is 12.8. The Balaban J connectivity index is 1.74. The molecule has 2 nitrogen and oxygen atoms in total. The highest BCUT2D eigenvalue weighted by Crippen LogP contribution is 2.35. The van der Waals surface area contributed by atoms with Crippen molar-refractivity contribution in [3.05, 3.63) is 44.7 Å². The van der Waals surface area contributed by atoms with Crippen LogP contribution < -0.4 is 0 Å². The first-order valence-corrected chi connectivity index (χ1v) is 8.39. The number of ether oxygens (including phenoxy) is 1. The molecule has 0 unspecified atom stereocenters. The van der Waals surface area contributed by atoms with Gasteiger partial charge in [-0.05, 0) is 46.5 Å². The van der Waals surface area contributed by atoms with Crippen LogP contribution in [0.2, 0.25) is 5.02 Å². The average molecular weight is 372 g/mol. The fourth-order valence-corrected chi connectivity index (χ4v) is 3.73. The summed E-state index contributed by atoms with van der Waals surface area (Å²) in [6.07, 6.45) is 2.43. The van der Waals surface area contributed by atoms with Crippen LogP contribution >= 0.6 is 38.9 Å². The van der Waals surface area contributed by atoms with E-state index in [1.54, 1.807) is 11.3 Å². The quantitative estimate of drug-likeness (QED) is 0.701. The molecule has 0 bridgehead atoms. The standard InChI is InChI=1S/C15H12BrClO2S/c16-10-7-14(20-8-10)12-4-1-9(5-13(12)17)6-15(18)19-11-2-3-11/h1,4-5,7-8,11H,2-3,6H2. The molecular formula is C15H12BrClO2S. The minimum absolute atomic E-state index is 0.153. The Bertz CT molecular complexity index is 649. The second kappa shape index (κ2) is 5.88. The highest BCUT2D eigenvalue weighted by atomic mass is 79.9. The molecule has 1 aromatic carbocycles. The Kier molecular flexibility index (Phi) is 4.15. The predicted octanol–water partition coefficient (Wildman–Crippen LogP) is 5.08. The Morgan fingerprint density at radius 1 is 1.40 bits per heavy atom. The third kappa shape index (κ3) is 3.43. The van der Waals surface area contributed by atoms with Gasteiger partial charge in [-0.25, -0.2) is 0 Å². The maximum absolute atomic E-state index is 11.7. The molecule has 0 atom stereocenters. The molecule has 1 heterocycles. The molecule has 0 aliphatic heterocycles. The molecule has 0 amide bonds. The van der Waals surface area contributed by atoms with Crippen molar-refractivity contribution >= 4 is 44.8 Å². The van der Waals surface area contributed by atoms with Crippen molar-refractivity contribution in [2.75, 3.05) is 0 Å². The Morgan fingerprint density at radius 2 is 2.20 bits per heavy atom. The van der Waals surface area contributed by atoms with E-state index in [2.05, 4.69) is 15.9 Å². The summed E-state index contributed by atoms with van der Waals surface area (Å²) in [7, 11) is 0. The van der Waals surface area contributed by atoms with E-state index in [1.165, 1.54) is 0 Å². The van der Waals surface area contributed by atoms with Gasteiger partial charge in [0.2, 0.25) is 0 Å². The summed E-state index contributed by atoms with van der Waals surface area (Å²) < 4.78 is 6.28. The fourth-order valence-electron chi connectivity index (χ4n) is 1.90. The average Bonchev–Trinajstić information content (AvgIpc) is 3.09. The van der Waals surface area contributed by atoms with Gasteiger partial charge in [0.15, 0.2) is 0 Å². The number of rotatable bonds is 4. The predicted molar refractivity (Wildman–Crippen MR) is 85.3 cm³/mol. The van der Waals surface area contributed by atoms with E-state index in [9.17, 15) is 4.79 Å². The smallest absolute Gasteiger partial charge is 0.310 e. The highest BCUT2D eigenvalue weighted by molar-refractivity contribution is 9.10. The number of thiophene rings is 1. The molecule has 1 aliphatic carbocycles. The highest BCUT2D eigenvalue weighted by Gasteiger charge is 2.25. The van der Waals surface area contributed by atoms with Gasteiger partial charge < -0.3 is 4.74 Å². The van der Waals surface area contributed by atoms with Crippen molar-refractivity contribution in [2.45, 2.75) is 25.4 Å². The summed E-state index contributed by atoms with van der Waals surface area (Å²) in [5, 5.41) is 2.68. The molecule has 104 valence electrons. The van der Waals surface area contributed by atoms with Crippen LogP contribution in [0.1, 0.15) is 18.4 Å². The molecule has 5 heteroatoms. The van der Waals surface area contributed by atoms with Gasteiger partial charge in [0.05, 0.1) is 6.42 Å². The third-order valence-corrected chi connectivity index (χ3v) is 5.07. The molecule has 0 spiro atoms. The molecule has 0 radical (unpaired) electrons. The van der Waals surface area contributed by atoms with E-state index >= 15 is 0 Å². The van der Waals surface area contributed by atoms with Gasteiger partial charge in [-0.3, -0.25) is 4.79 Å². The van der Waals surface area contributed by atoms with Crippen LogP contribution in [0.5, 0.6) is 0 Å². The van der Waals surface area contributed by atoms with Crippen molar-refractivity contribution in [1.82, 2.24) is 0 Å². The van der Waals surface area contributed by atoms with Crippen LogP contribution in [-0.2, 0) is 16.0 Å². The minimum Gasteiger partial charge on any atom is -0.462 e. The first kappa shape index (κ1) is 14.1. The number of carbonyl (C=O) groups is 1. The maximum Gasteiger partial charge on any atom is 0.310 e. The zero-order valence-corrected chi connectivity index (χ0v) is 13.7.